The van der Waals surface area contributed by atoms with Gasteiger partial charge in [0.25, 0.3) is 5.91 Å². The summed E-state index contributed by atoms with van der Waals surface area (Å²) >= 11 is 0. The van der Waals surface area contributed by atoms with E-state index in [1.54, 1.807) is 17.0 Å². The Bertz CT molecular complexity index is 520. The Morgan fingerprint density at radius 3 is 3.10 bits per heavy atom. The number of amides is 1. The molecule has 0 bridgehead atoms. The average molecular weight is 279 g/mol. The summed E-state index contributed by atoms with van der Waals surface area (Å²) in [6.07, 6.45) is 1.64. The van der Waals surface area contributed by atoms with E-state index < -0.39 is 11.9 Å². The minimum atomic E-state index is -0.626. The van der Waals surface area contributed by atoms with Crippen molar-refractivity contribution in [3.8, 4) is 5.75 Å². The Morgan fingerprint density at radius 2 is 2.35 bits per heavy atom. The number of ether oxygens (including phenoxy) is 1. The molecule has 1 fully saturated rings. The Morgan fingerprint density at radius 1 is 1.50 bits per heavy atom. The monoisotopic (exact) mass is 279 g/mol. The maximum Gasteiger partial charge on any atom is 0.264 e. The first-order chi connectivity index (χ1) is 9.69. The van der Waals surface area contributed by atoms with E-state index in [1.807, 2.05) is 0 Å². The number of hydrogen-bond donors (Lipinski definition) is 1. The Balaban J connectivity index is 1.69. The second kappa shape index (κ2) is 5.40. The SMILES string of the molecule is O=C(C1Cc2cccc(F)c2O1)N1CCCC(CO)C1. The molecule has 2 aliphatic heterocycles. The van der Waals surface area contributed by atoms with Crippen LogP contribution in [0, 0.1) is 11.7 Å². The van der Waals surface area contributed by atoms with Crippen molar-refractivity contribution in [2.24, 2.45) is 5.92 Å². The third kappa shape index (κ3) is 2.38. The summed E-state index contributed by atoms with van der Waals surface area (Å²) in [6, 6.07) is 4.76. The molecule has 2 aliphatic rings. The Labute approximate surface area is 117 Å². The highest BCUT2D eigenvalue weighted by molar-refractivity contribution is 5.82. The molecule has 1 N–H and O–H groups in total. The number of halogens is 1. The van der Waals surface area contributed by atoms with Crippen molar-refractivity contribution in [1.29, 1.82) is 0 Å². The van der Waals surface area contributed by atoms with Crippen molar-refractivity contribution in [2.45, 2.75) is 25.4 Å². The maximum absolute atomic E-state index is 13.6. The van der Waals surface area contributed by atoms with E-state index in [2.05, 4.69) is 0 Å². The zero-order valence-corrected chi connectivity index (χ0v) is 11.2. The van der Waals surface area contributed by atoms with Gasteiger partial charge in [-0.2, -0.15) is 0 Å². The molecule has 1 aromatic carbocycles. The highest BCUT2D eigenvalue weighted by atomic mass is 19.1. The van der Waals surface area contributed by atoms with E-state index in [1.165, 1.54) is 6.07 Å². The molecule has 2 unspecified atom stereocenters. The van der Waals surface area contributed by atoms with Crippen LogP contribution in [-0.4, -0.2) is 41.7 Å². The number of rotatable bonds is 2. The molecule has 0 aromatic heterocycles. The number of piperidine rings is 1. The molecule has 2 heterocycles. The van der Waals surface area contributed by atoms with Crippen molar-refractivity contribution in [2.75, 3.05) is 19.7 Å². The van der Waals surface area contributed by atoms with Gasteiger partial charge in [0.1, 0.15) is 0 Å². The van der Waals surface area contributed by atoms with Crippen LogP contribution in [0.25, 0.3) is 0 Å². The molecule has 3 rings (SSSR count). The number of likely N-dealkylation sites (tertiary alicyclic amines) is 1. The van der Waals surface area contributed by atoms with Crippen LogP contribution in [0.4, 0.5) is 4.39 Å². The van der Waals surface area contributed by atoms with Gasteiger partial charge in [0.05, 0.1) is 0 Å². The van der Waals surface area contributed by atoms with Gasteiger partial charge in [-0.3, -0.25) is 4.79 Å². The normalized spacial score (nSPS) is 25.2. The first-order valence-electron chi connectivity index (χ1n) is 7.02. The lowest BCUT2D eigenvalue weighted by molar-refractivity contribution is -0.140. The van der Waals surface area contributed by atoms with Crippen molar-refractivity contribution in [1.82, 2.24) is 4.90 Å². The van der Waals surface area contributed by atoms with Crippen LogP contribution in [0.15, 0.2) is 18.2 Å². The molecule has 20 heavy (non-hydrogen) atoms. The second-order valence-electron chi connectivity index (χ2n) is 5.51. The lowest BCUT2D eigenvalue weighted by Crippen LogP contribution is -2.47. The summed E-state index contributed by atoms with van der Waals surface area (Å²) in [5, 5.41) is 9.22. The third-order valence-corrected chi connectivity index (χ3v) is 4.08. The number of carbonyl (C=O) groups is 1. The lowest BCUT2D eigenvalue weighted by atomic mass is 9.98. The molecule has 1 saturated heterocycles. The zero-order chi connectivity index (χ0) is 14.1. The number of aliphatic hydroxyl groups excluding tert-OH is 1. The minimum absolute atomic E-state index is 0.0984. The average Bonchev–Trinajstić information content (AvgIpc) is 2.92. The predicted molar refractivity (Wildman–Crippen MR) is 70.9 cm³/mol. The Hall–Kier alpha value is -1.62. The van der Waals surface area contributed by atoms with Gasteiger partial charge in [-0.15, -0.1) is 0 Å². The standard InChI is InChI=1S/C15H18FNO3/c16-12-5-1-4-11-7-13(20-14(11)12)15(19)17-6-2-3-10(8-17)9-18/h1,4-5,10,13,18H,2-3,6-9H2. The van der Waals surface area contributed by atoms with Crippen LogP contribution in [0.2, 0.25) is 0 Å². The van der Waals surface area contributed by atoms with Crippen LogP contribution in [0.3, 0.4) is 0 Å². The van der Waals surface area contributed by atoms with Gasteiger partial charge in [-0.05, 0) is 24.8 Å². The van der Waals surface area contributed by atoms with Gasteiger partial charge in [-0.25, -0.2) is 4.39 Å². The number of aliphatic hydroxyl groups is 1. The van der Waals surface area contributed by atoms with E-state index in [0.29, 0.717) is 19.5 Å². The molecule has 4 nitrogen and oxygen atoms in total. The summed E-state index contributed by atoms with van der Waals surface area (Å²) < 4.78 is 19.1. The summed E-state index contributed by atoms with van der Waals surface area (Å²) in [7, 11) is 0. The summed E-state index contributed by atoms with van der Waals surface area (Å²) in [5.74, 6) is -0.154. The van der Waals surface area contributed by atoms with E-state index >= 15 is 0 Å². The maximum atomic E-state index is 13.6. The molecule has 1 amide bonds. The van der Waals surface area contributed by atoms with Crippen molar-refractivity contribution in [3.63, 3.8) is 0 Å². The zero-order valence-electron chi connectivity index (χ0n) is 11.2. The second-order valence-corrected chi connectivity index (χ2v) is 5.51. The molecule has 0 radical (unpaired) electrons. The first-order valence-corrected chi connectivity index (χ1v) is 7.02. The van der Waals surface area contributed by atoms with Gasteiger partial charge < -0.3 is 14.7 Å². The minimum Gasteiger partial charge on any atom is -0.477 e. The van der Waals surface area contributed by atoms with Crippen molar-refractivity contribution < 1.29 is 19.0 Å². The van der Waals surface area contributed by atoms with E-state index in [0.717, 1.165) is 18.4 Å². The van der Waals surface area contributed by atoms with Crippen LogP contribution < -0.4 is 4.74 Å². The molecular formula is C15H18FNO3. The highest BCUT2D eigenvalue weighted by Crippen LogP contribution is 2.32. The van der Waals surface area contributed by atoms with E-state index in [4.69, 9.17) is 4.74 Å². The van der Waals surface area contributed by atoms with E-state index in [9.17, 15) is 14.3 Å². The quantitative estimate of drug-likeness (QED) is 0.889. The van der Waals surface area contributed by atoms with Crippen molar-refractivity contribution >= 4 is 5.91 Å². The first kappa shape index (κ1) is 13.4. The number of hydrogen-bond acceptors (Lipinski definition) is 3. The van der Waals surface area contributed by atoms with Gasteiger partial charge in [0, 0.05) is 31.7 Å². The number of carbonyl (C=O) groups excluding carboxylic acids is 1. The largest absolute Gasteiger partial charge is 0.477 e. The fraction of sp³-hybridized carbons (Fsp3) is 0.533. The summed E-state index contributed by atoms with van der Waals surface area (Å²) in [5.41, 5.74) is 0.749. The fourth-order valence-electron chi connectivity index (χ4n) is 2.99. The molecular weight excluding hydrogens is 261 g/mol. The third-order valence-electron chi connectivity index (χ3n) is 4.08. The highest BCUT2D eigenvalue weighted by Gasteiger charge is 2.35. The van der Waals surface area contributed by atoms with Crippen molar-refractivity contribution in [3.05, 3.63) is 29.6 Å². The molecule has 5 heteroatoms. The number of para-hydroxylation sites is 1. The van der Waals surface area contributed by atoms with Crippen LogP contribution in [0.1, 0.15) is 18.4 Å². The molecule has 108 valence electrons. The summed E-state index contributed by atoms with van der Waals surface area (Å²) in [6.45, 7) is 1.35. The Kier molecular flexibility index (Phi) is 3.61. The van der Waals surface area contributed by atoms with Crippen LogP contribution in [0.5, 0.6) is 5.75 Å². The number of fused-ring (bicyclic) bond motifs is 1. The molecule has 2 atom stereocenters. The van der Waals surface area contributed by atoms with Gasteiger partial charge in [0.2, 0.25) is 0 Å². The number of benzene rings is 1. The topological polar surface area (TPSA) is 49.8 Å². The number of nitrogens with zero attached hydrogens (tertiary/aromatic N) is 1. The van der Waals surface area contributed by atoms with Gasteiger partial charge in [0.15, 0.2) is 17.7 Å². The van der Waals surface area contributed by atoms with Gasteiger partial charge in [-0.1, -0.05) is 12.1 Å². The lowest BCUT2D eigenvalue weighted by Gasteiger charge is -2.33. The molecule has 1 aromatic rings. The van der Waals surface area contributed by atoms with Gasteiger partial charge >= 0.3 is 0 Å². The van der Waals surface area contributed by atoms with E-state index in [-0.39, 0.29) is 24.2 Å². The molecule has 0 aliphatic carbocycles. The molecule has 0 spiro atoms. The smallest absolute Gasteiger partial charge is 0.264 e. The van der Waals surface area contributed by atoms with Crippen LogP contribution >= 0.6 is 0 Å². The molecule has 0 saturated carbocycles. The predicted octanol–water partition coefficient (Wildman–Crippen LogP) is 1.36. The fourth-order valence-corrected chi connectivity index (χ4v) is 2.99. The summed E-state index contributed by atoms with van der Waals surface area (Å²) in [4.78, 5) is 14.2. The van der Waals surface area contributed by atoms with Crippen LogP contribution in [-0.2, 0) is 11.2 Å².